The van der Waals surface area contributed by atoms with Crippen LogP contribution in [-0.2, 0) is 0 Å². The van der Waals surface area contributed by atoms with Crippen molar-refractivity contribution in [1.82, 2.24) is 15.0 Å². The van der Waals surface area contributed by atoms with Gasteiger partial charge in [-0.25, -0.2) is 0 Å². The molecule has 0 amide bonds. The first-order valence-electron chi connectivity index (χ1n) is 2.99. The quantitative estimate of drug-likeness (QED) is 0.573. The molecule has 0 unspecified atom stereocenters. The van der Waals surface area contributed by atoms with Crippen molar-refractivity contribution in [3.8, 4) is 0 Å². The lowest BCUT2D eigenvalue weighted by molar-refractivity contribution is 1.29. The third-order valence-electron chi connectivity index (χ3n) is 1.39. The fourth-order valence-electron chi connectivity index (χ4n) is 0.924. The highest BCUT2D eigenvalue weighted by Crippen LogP contribution is 2.14. The Morgan fingerprint density at radius 3 is 2.91 bits per heavy atom. The maximum atomic E-state index is 4.93. The van der Waals surface area contributed by atoms with Gasteiger partial charge in [0.2, 0.25) is 0 Å². The summed E-state index contributed by atoms with van der Waals surface area (Å²) in [5.41, 5.74) is 1.99. The molecule has 5 heteroatoms. The van der Waals surface area contributed by atoms with Gasteiger partial charge in [-0.1, -0.05) is 0 Å². The van der Waals surface area contributed by atoms with Crippen LogP contribution in [0.4, 0.5) is 0 Å². The summed E-state index contributed by atoms with van der Waals surface area (Å²) < 4.78 is 1.72. The van der Waals surface area contributed by atoms with Crippen LogP contribution in [0.1, 0.15) is 0 Å². The van der Waals surface area contributed by atoms with Crippen molar-refractivity contribution in [2.45, 2.75) is 0 Å². The molecule has 2 aromatic heterocycles. The van der Waals surface area contributed by atoms with Crippen LogP contribution in [-0.4, -0.2) is 15.0 Å². The van der Waals surface area contributed by atoms with Crippen LogP contribution in [0.3, 0.4) is 0 Å². The molecule has 0 spiro atoms. The number of imidazole rings is 1. The molecular formula is C6H4IN3S. The Morgan fingerprint density at radius 2 is 2.18 bits per heavy atom. The molecule has 0 saturated carbocycles. The molecule has 0 aliphatic rings. The van der Waals surface area contributed by atoms with E-state index in [0.29, 0.717) is 4.77 Å². The van der Waals surface area contributed by atoms with Gasteiger partial charge in [0.25, 0.3) is 0 Å². The first-order valence-corrected chi connectivity index (χ1v) is 4.47. The van der Waals surface area contributed by atoms with E-state index in [1.54, 1.807) is 12.4 Å². The third-order valence-corrected chi connectivity index (χ3v) is 2.41. The number of hydrogen-bond acceptors (Lipinski definition) is 2. The van der Waals surface area contributed by atoms with Gasteiger partial charge < -0.3 is 9.97 Å². The van der Waals surface area contributed by atoms with Gasteiger partial charge in [0, 0.05) is 6.20 Å². The summed E-state index contributed by atoms with van der Waals surface area (Å²) in [6.07, 6.45) is 3.55. The van der Waals surface area contributed by atoms with Crippen LogP contribution < -0.4 is 0 Å². The van der Waals surface area contributed by atoms with Crippen molar-refractivity contribution in [3.63, 3.8) is 0 Å². The van der Waals surface area contributed by atoms with Crippen molar-refractivity contribution in [2.75, 3.05) is 0 Å². The lowest BCUT2D eigenvalue weighted by atomic mass is 10.4. The zero-order chi connectivity index (χ0) is 7.84. The van der Waals surface area contributed by atoms with Crippen LogP contribution in [0.15, 0.2) is 12.4 Å². The highest BCUT2D eigenvalue weighted by molar-refractivity contribution is 14.1. The van der Waals surface area contributed by atoms with Crippen molar-refractivity contribution in [1.29, 1.82) is 0 Å². The topological polar surface area (TPSA) is 44.5 Å². The minimum absolute atomic E-state index is 0.644. The number of fused-ring (bicyclic) bond motifs is 1. The van der Waals surface area contributed by atoms with Gasteiger partial charge >= 0.3 is 0 Å². The van der Waals surface area contributed by atoms with Crippen molar-refractivity contribution in [2.24, 2.45) is 0 Å². The Labute approximate surface area is 81.4 Å². The molecule has 0 aliphatic carbocycles. The molecule has 0 atom stereocenters. The predicted molar refractivity (Wildman–Crippen MR) is 54.0 cm³/mol. The van der Waals surface area contributed by atoms with Crippen LogP contribution in [0.5, 0.6) is 0 Å². The molecule has 11 heavy (non-hydrogen) atoms. The molecule has 0 saturated heterocycles. The van der Waals surface area contributed by atoms with E-state index in [-0.39, 0.29) is 0 Å². The Hall–Kier alpha value is -0.430. The van der Waals surface area contributed by atoms with Gasteiger partial charge in [-0.2, -0.15) is 0 Å². The van der Waals surface area contributed by atoms with E-state index in [0.717, 1.165) is 14.6 Å². The summed E-state index contributed by atoms with van der Waals surface area (Å²) >= 11 is 7.14. The highest BCUT2D eigenvalue weighted by Gasteiger charge is 1.98. The molecule has 2 rings (SSSR count). The summed E-state index contributed by atoms with van der Waals surface area (Å²) in [5.74, 6) is 0. The van der Waals surface area contributed by atoms with E-state index in [1.807, 2.05) is 0 Å². The maximum Gasteiger partial charge on any atom is 0.175 e. The van der Waals surface area contributed by atoms with E-state index in [1.165, 1.54) is 0 Å². The van der Waals surface area contributed by atoms with Gasteiger partial charge in [0.05, 0.1) is 20.8 Å². The maximum absolute atomic E-state index is 4.93. The van der Waals surface area contributed by atoms with E-state index in [2.05, 4.69) is 37.5 Å². The van der Waals surface area contributed by atoms with Crippen molar-refractivity contribution in [3.05, 3.63) is 20.7 Å². The second kappa shape index (κ2) is 2.56. The molecule has 0 aliphatic heterocycles. The Bertz CT molecular complexity index is 444. The monoisotopic (exact) mass is 277 g/mol. The SMILES string of the molecule is S=c1[nH]c2cncc(I)c2[nH]1. The molecule has 3 nitrogen and oxygen atoms in total. The standard InChI is InChI=1S/C6H4IN3S/c7-3-1-8-2-4-5(3)10-6(11)9-4/h1-2H,(H2,9,10,11). The van der Waals surface area contributed by atoms with Crippen LogP contribution in [0.25, 0.3) is 11.0 Å². The predicted octanol–water partition coefficient (Wildman–Crippen LogP) is 2.23. The molecule has 2 aromatic rings. The number of nitrogens with one attached hydrogen (secondary N) is 2. The minimum Gasteiger partial charge on any atom is -0.330 e. The normalized spacial score (nSPS) is 10.6. The van der Waals surface area contributed by atoms with E-state index >= 15 is 0 Å². The summed E-state index contributed by atoms with van der Waals surface area (Å²) in [6.45, 7) is 0. The number of H-pyrrole nitrogens is 2. The molecule has 56 valence electrons. The van der Waals surface area contributed by atoms with E-state index < -0.39 is 0 Å². The number of hydrogen-bond donors (Lipinski definition) is 2. The lowest BCUT2D eigenvalue weighted by Crippen LogP contribution is -1.77. The van der Waals surface area contributed by atoms with Gasteiger partial charge in [0.15, 0.2) is 4.77 Å². The molecule has 0 bridgehead atoms. The Morgan fingerprint density at radius 1 is 1.36 bits per heavy atom. The molecule has 2 heterocycles. The Kier molecular flexibility index (Phi) is 1.68. The zero-order valence-corrected chi connectivity index (χ0v) is 8.36. The number of nitrogens with zero attached hydrogens (tertiary/aromatic N) is 1. The number of aromatic amines is 2. The summed E-state index contributed by atoms with van der Waals surface area (Å²) in [4.78, 5) is 10.1. The highest BCUT2D eigenvalue weighted by atomic mass is 127. The first kappa shape index (κ1) is 7.23. The summed E-state index contributed by atoms with van der Waals surface area (Å²) in [5, 5.41) is 0. The van der Waals surface area contributed by atoms with Gasteiger partial charge in [-0.3, -0.25) is 4.98 Å². The average molecular weight is 277 g/mol. The number of rotatable bonds is 0. The third kappa shape index (κ3) is 1.18. The van der Waals surface area contributed by atoms with Gasteiger partial charge in [-0.15, -0.1) is 0 Å². The van der Waals surface area contributed by atoms with E-state index in [9.17, 15) is 0 Å². The zero-order valence-electron chi connectivity index (χ0n) is 5.39. The average Bonchev–Trinajstić information content (AvgIpc) is 2.31. The molecule has 0 fully saturated rings. The van der Waals surface area contributed by atoms with Gasteiger partial charge in [0.1, 0.15) is 0 Å². The molecular weight excluding hydrogens is 273 g/mol. The largest absolute Gasteiger partial charge is 0.330 e. The summed E-state index contributed by atoms with van der Waals surface area (Å²) in [7, 11) is 0. The van der Waals surface area contributed by atoms with E-state index in [4.69, 9.17) is 12.2 Å². The number of pyridine rings is 1. The van der Waals surface area contributed by atoms with Crippen LogP contribution >= 0.6 is 34.8 Å². The molecule has 0 aromatic carbocycles. The molecule has 2 N–H and O–H groups in total. The second-order valence-electron chi connectivity index (χ2n) is 2.12. The lowest BCUT2D eigenvalue weighted by Gasteiger charge is -1.89. The summed E-state index contributed by atoms with van der Waals surface area (Å²) in [6, 6.07) is 0. The first-order chi connectivity index (χ1) is 5.27. The van der Waals surface area contributed by atoms with Crippen molar-refractivity contribution >= 4 is 45.8 Å². The second-order valence-corrected chi connectivity index (χ2v) is 3.69. The van der Waals surface area contributed by atoms with Crippen LogP contribution in [0, 0.1) is 8.34 Å². The fourth-order valence-corrected chi connectivity index (χ4v) is 1.72. The smallest absolute Gasteiger partial charge is 0.175 e. The fraction of sp³-hybridized carbons (Fsp3) is 0. The minimum atomic E-state index is 0.644. The Balaban J connectivity index is 3.01. The molecule has 0 radical (unpaired) electrons. The number of halogens is 1. The van der Waals surface area contributed by atoms with Crippen LogP contribution in [0.2, 0.25) is 0 Å². The number of aromatic nitrogens is 3. The van der Waals surface area contributed by atoms with Crippen molar-refractivity contribution < 1.29 is 0 Å². The van der Waals surface area contributed by atoms with Gasteiger partial charge in [-0.05, 0) is 34.8 Å².